The summed E-state index contributed by atoms with van der Waals surface area (Å²) in [4.78, 5) is 25.0. The molecule has 1 fully saturated rings. The van der Waals surface area contributed by atoms with Crippen LogP contribution >= 0.6 is 0 Å². The predicted octanol–water partition coefficient (Wildman–Crippen LogP) is 3.05. The lowest BCUT2D eigenvalue weighted by atomic mass is 9.97. The number of carboxylic acids is 1. The number of nitrogens with zero attached hydrogens (tertiary/aromatic N) is 1. The summed E-state index contributed by atoms with van der Waals surface area (Å²) in [6.07, 6.45) is 0.989. The standard InChI is InChI=1S/C17H24N2O4/c1-12(2)11-23-15-6-4-3-5-14(15)18-17(22)19-9-7-13(8-10-19)16(20)21/h3-6,12-13H,7-11H2,1-2H3,(H,18,22)(H,20,21). The van der Waals surface area contributed by atoms with Gasteiger partial charge in [-0.1, -0.05) is 26.0 Å². The highest BCUT2D eigenvalue weighted by atomic mass is 16.5. The number of carbonyl (C=O) groups is 2. The number of hydrogen-bond donors (Lipinski definition) is 2. The van der Waals surface area contributed by atoms with Crippen molar-refractivity contribution in [3.05, 3.63) is 24.3 Å². The van der Waals surface area contributed by atoms with Crippen LogP contribution in [0.25, 0.3) is 0 Å². The molecule has 126 valence electrons. The number of ether oxygens (including phenoxy) is 1. The molecule has 1 aliphatic rings. The van der Waals surface area contributed by atoms with Crippen LogP contribution in [0.5, 0.6) is 5.75 Å². The zero-order valence-electron chi connectivity index (χ0n) is 13.6. The average Bonchev–Trinajstić information content (AvgIpc) is 2.54. The number of urea groups is 1. The number of rotatable bonds is 5. The van der Waals surface area contributed by atoms with Crippen LogP contribution in [0.15, 0.2) is 24.3 Å². The molecular weight excluding hydrogens is 296 g/mol. The third-order valence-corrected chi connectivity index (χ3v) is 3.83. The van der Waals surface area contributed by atoms with Gasteiger partial charge in [0, 0.05) is 13.1 Å². The van der Waals surface area contributed by atoms with E-state index in [4.69, 9.17) is 9.84 Å². The number of carboxylic acid groups (broad SMARTS) is 1. The summed E-state index contributed by atoms with van der Waals surface area (Å²) in [5.41, 5.74) is 0.638. The Morgan fingerprint density at radius 3 is 2.57 bits per heavy atom. The molecule has 1 heterocycles. The Bertz CT molecular complexity index is 551. The first-order chi connectivity index (χ1) is 11.0. The number of amides is 2. The maximum Gasteiger partial charge on any atom is 0.321 e. The third kappa shape index (κ3) is 4.87. The fourth-order valence-corrected chi connectivity index (χ4v) is 2.48. The van der Waals surface area contributed by atoms with Gasteiger partial charge in [-0.05, 0) is 30.9 Å². The number of anilines is 1. The van der Waals surface area contributed by atoms with Gasteiger partial charge in [0.2, 0.25) is 0 Å². The Labute approximate surface area is 136 Å². The van der Waals surface area contributed by atoms with E-state index < -0.39 is 5.97 Å². The Morgan fingerprint density at radius 1 is 1.30 bits per heavy atom. The first kappa shape index (κ1) is 17.1. The lowest BCUT2D eigenvalue weighted by Crippen LogP contribution is -2.42. The normalized spacial score (nSPS) is 15.5. The molecule has 1 aromatic rings. The minimum absolute atomic E-state index is 0.213. The number of benzene rings is 1. The monoisotopic (exact) mass is 320 g/mol. The predicted molar refractivity (Wildman–Crippen MR) is 87.7 cm³/mol. The Hall–Kier alpha value is -2.24. The van der Waals surface area contributed by atoms with E-state index in [1.165, 1.54) is 0 Å². The van der Waals surface area contributed by atoms with Gasteiger partial charge in [-0.2, -0.15) is 0 Å². The molecule has 2 amide bonds. The zero-order chi connectivity index (χ0) is 16.8. The highest BCUT2D eigenvalue weighted by Crippen LogP contribution is 2.25. The number of aliphatic carboxylic acids is 1. The highest BCUT2D eigenvalue weighted by Gasteiger charge is 2.27. The van der Waals surface area contributed by atoms with Gasteiger partial charge in [0.15, 0.2) is 0 Å². The fourth-order valence-electron chi connectivity index (χ4n) is 2.48. The van der Waals surface area contributed by atoms with Crippen LogP contribution in [-0.2, 0) is 4.79 Å². The molecule has 6 nitrogen and oxygen atoms in total. The van der Waals surface area contributed by atoms with Crippen molar-refractivity contribution in [1.29, 1.82) is 0 Å². The molecule has 0 radical (unpaired) electrons. The van der Waals surface area contributed by atoms with Crippen LogP contribution in [0.4, 0.5) is 10.5 Å². The Morgan fingerprint density at radius 2 is 1.96 bits per heavy atom. The topological polar surface area (TPSA) is 78.9 Å². The van der Waals surface area contributed by atoms with Crippen molar-refractivity contribution in [2.45, 2.75) is 26.7 Å². The number of nitrogens with one attached hydrogen (secondary N) is 1. The summed E-state index contributed by atoms with van der Waals surface area (Å²) in [7, 11) is 0. The fraction of sp³-hybridized carbons (Fsp3) is 0.529. The summed E-state index contributed by atoms with van der Waals surface area (Å²) in [5.74, 6) is -0.0815. The van der Waals surface area contributed by atoms with Crippen molar-refractivity contribution in [1.82, 2.24) is 4.90 Å². The van der Waals surface area contributed by atoms with E-state index in [-0.39, 0.29) is 11.9 Å². The minimum atomic E-state index is -0.780. The molecule has 0 atom stereocenters. The van der Waals surface area contributed by atoms with Crippen LogP contribution in [-0.4, -0.2) is 41.7 Å². The van der Waals surface area contributed by atoms with Gasteiger partial charge in [0.25, 0.3) is 0 Å². The van der Waals surface area contributed by atoms with Crippen LogP contribution in [0.2, 0.25) is 0 Å². The van der Waals surface area contributed by atoms with Crippen molar-refractivity contribution in [2.75, 3.05) is 25.0 Å². The molecule has 0 bridgehead atoms. The van der Waals surface area contributed by atoms with Crippen LogP contribution in [0, 0.1) is 11.8 Å². The van der Waals surface area contributed by atoms with E-state index >= 15 is 0 Å². The van der Waals surface area contributed by atoms with Gasteiger partial charge >= 0.3 is 12.0 Å². The molecule has 0 aromatic heterocycles. The molecular formula is C17H24N2O4. The van der Waals surface area contributed by atoms with E-state index in [0.29, 0.717) is 49.9 Å². The summed E-state index contributed by atoms with van der Waals surface area (Å²) < 4.78 is 5.72. The molecule has 6 heteroatoms. The van der Waals surface area contributed by atoms with E-state index in [0.717, 1.165) is 0 Å². The molecule has 0 spiro atoms. The van der Waals surface area contributed by atoms with Gasteiger partial charge in [0.05, 0.1) is 18.2 Å². The molecule has 0 aliphatic carbocycles. The first-order valence-corrected chi connectivity index (χ1v) is 7.98. The molecule has 1 aliphatic heterocycles. The highest BCUT2D eigenvalue weighted by molar-refractivity contribution is 5.91. The van der Waals surface area contributed by atoms with Gasteiger partial charge in [0.1, 0.15) is 5.75 Å². The van der Waals surface area contributed by atoms with E-state index in [9.17, 15) is 9.59 Å². The smallest absolute Gasteiger partial charge is 0.321 e. The molecule has 1 aromatic carbocycles. The number of hydrogen-bond acceptors (Lipinski definition) is 3. The maximum absolute atomic E-state index is 12.3. The van der Waals surface area contributed by atoms with Crippen molar-refractivity contribution in [3.63, 3.8) is 0 Å². The molecule has 1 saturated heterocycles. The second-order valence-electron chi connectivity index (χ2n) is 6.23. The third-order valence-electron chi connectivity index (χ3n) is 3.83. The summed E-state index contributed by atoms with van der Waals surface area (Å²) in [5, 5.41) is 11.9. The van der Waals surface area contributed by atoms with E-state index in [1.807, 2.05) is 18.2 Å². The van der Waals surface area contributed by atoms with E-state index in [2.05, 4.69) is 19.2 Å². The Kier molecular flexibility index (Phi) is 5.84. The molecule has 2 N–H and O–H groups in total. The second kappa shape index (κ2) is 7.85. The average molecular weight is 320 g/mol. The van der Waals surface area contributed by atoms with Crippen molar-refractivity contribution < 1.29 is 19.4 Å². The lowest BCUT2D eigenvalue weighted by Gasteiger charge is -2.30. The molecule has 23 heavy (non-hydrogen) atoms. The quantitative estimate of drug-likeness (QED) is 0.874. The minimum Gasteiger partial charge on any atom is -0.491 e. The molecule has 0 saturated carbocycles. The van der Waals surface area contributed by atoms with Gasteiger partial charge in [-0.25, -0.2) is 4.79 Å². The number of piperidine rings is 1. The molecule has 2 rings (SSSR count). The number of likely N-dealkylation sites (tertiary alicyclic amines) is 1. The van der Waals surface area contributed by atoms with Gasteiger partial charge in [-0.3, -0.25) is 4.79 Å². The SMILES string of the molecule is CC(C)COc1ccccc1NC(=O)N1CCC(C(=O)O)CC1. The van der Waals surface area contributed by atoms with Crippen LogP contribution < -0.4 is 10.1 Å². The lowest BCUT2D eigenvalue weighted by molar-refractivity contribution is -0.143. The first-order valence-electron chi connectivity index (χ1n) is 7.98. The van der Waals surface area contributed by atoms with E-state index in [1.54, 1.807) is 11.0 Å². The van der Waals surface area contributed by atoms with Crippen molar-refractivity contribution in [3.8, 4) is 5.75 Å². The zero-order valence-corrected chi connectivity index (χ0v) is 13.6. The summed E-state index contributed by atoms with van der Waals surface area (Å²) in [6, 6.07) is 7.12. The Balaban J connectivity index is 1.94. The van der Waals surface area contributed by atoms with Crippen LogP contribution in [0.3, 0.4) is 0 Å². The summed E-state index contributed by atoms with van der Waals surface area (Å²) >= 11 is 0. The van der Waals surface area contributed by atoms with Gasteiger partial charge < -0.3 is 20.1 Å². The van der Waals surface area contributed by atoms with Crippen molar-refractivity contribution >= 4 is 17.7 Å². The largest absolute Gasteiger partial charge is 0.491 e. The van der Waals surface area contributed by atoms with Crippen LogP contribution in [0.1, 0.15) is 26.7 Å². The maximum atomic E-state index is 12.3. The summed E-state index contributed by atoms with van der Waals surface area (Å²) in [6.45, 7) is 5.62. The number of para-hydroxylation sites is 2. The molecule has 0 unspecified atom stereocenters. The van der Waals surface area contributed by atoms with Gasteiger partial charge in [-0.15, -0.1) is 0 Å². The second-order valence-corrected chi connectivity index (χ2v) is 6.23. The van der Waals surface area contributed by atoms with Crippen molar-refractivity contribution in [2.24, 2.45) is 11.8 Å². The number of carbonyl (C=O) groups excluding carboxylic acids is 1.